The van der Waals surface area contributed by atoms with E-state index in [9.17, 15) is 20.0 Å². The lowest BCUT2D eigenvalue weighted by Crippen LogP contribution is -2.29. The molecule has 0 bridgehead atoms. The highest BCUT2D eigenvalue weighted by atomic mass is 16.6. The number of hydrogen-bond acceptors (Lipinski definition) is 6. The summed E-state index contributed by atoms with van der Waals surface area (Å²) in [6.07, 6.45) is -0.982. The van der Waals surface area contributed by atoms with Gasteiger partial charge in [-0.15, -0.1) is 0 Å². The number of carbonyl (C=O) groups excluding carboxylic acids is 1. The van der Waals surface area contributed by atoms with E-state index in [0.29, 0.717) is 5.56 Å². The lowest BCUT2D eigenvalue weighted by Gasteiger charge is -2.15. The molecule has 150 valence electrons. The van der Waals surface area contributed by atoms with E-state index >= 15 is 0 Å². The van der Waals surface area contributed by atoms with Gasteiger partial charge in [0.25, 0.3) is 11.6 Å². The zero-order chi connectivity index (χ0) is 21.0. The van der Waals surface area contributed by atoms with Crippen LogP contribution in [-0.2, 0) is 0 Å². The number of methoxy groups -OCH3 is 2. The Labute approximate surface area is 166 Å². The number of rotatable bonds is 7. The Morgan fingerprint density at radius 2 is 1.76 bits per heavy atom. The number of aliphatic hydroxyl groups is 1. The molecule has 3 aromatic carbocycles. The van der Waals surface area contributed by atoms with Crippen LogP contribution in [0.4, 0.5) is 5.69 Å². The van der Waals surface area contributed by atoms with Gasteiger partial charge >= 0.3 is 0 Å². The fourth-order valence-corrected chi connectivity index (χ4v) is 3.14. The molecule has 0 aliphatic carbocycles. The molecule has 0 heterocycles. The highest BCUT2D eigenvalue weighted by Crippen LogP contribution is 2.34. The SMILES string of the molecule is COc1cc(C(=O)NCC(O)c2cccc3ccccc23)c([N+](=O)[O-])cc1OC. The third-order valence-electron chi connectivity index (χ3n) is 4.58. The predicted octanol–water partition coefficient (Wildman–Crippen LogP) is 3.23. The number of nitrogens with zero attached hydrogens (tertiary/aromatic N) is 1. The van der Waals surface area contributed by atoms with Crippen molar-refractivity contribution in [1.29, 1.82) is 0 Å². The Kier molecular flexibility index (Phi) is 5.94. The smallest absolute Gasteiger partial charge is 0.286 e. The number of ether oxygens (including phenoxy) is 2. The van der Waals surface area contributed by atoms with E-state index in [2.05, 4.69) is 5.32 Å². The molecule has 0 aliphatic rings. The van der Waals surface area contributed by atoms with Gasteiger partial charge in [-0.05, 0) is 16.3 Å². The monoisotopic (exact) mass is 396 g/mol. The highest BCUT2D eigenvalue weighted by molar-refractivity contribution is 5.99. The zero-order valence-electron chi connectivity index (χ0n) is 15.9. The molecule has 29 heavy (non-hydrogen) atoms. The topological polar surface area (TPSA) is 111 Å². The Balaban J connectivity index is 1.84. The van der Waals surface area contributed by atoms with Gasteiger partial charge in [-0.25, -0.2) is 0 Å². The number of fused-ring (bicyclic) bond motifs is 1. The van der Waals surface area contributed by atoms with Crippen LogP contribution in [0.1, 0.15) is 22.0 Å². The average molecular weight is 396 g/mol. The van der Waals surface area contributed by atoms with Crippen molar-refractivity contribution in [2.75, 3.05) is 20.8 Å². The van der Waals surface area contributed by atoms with E-state index < -0.39 is 22.6 Å². The molecule has 0 fully saturated rings. The molecule has 2 N–H and O–H groups in total. The summed E-state index contributed by atoms with van der Waals surface area (Å²) in [5.41, 5.74) is 0.0581. The summed E-state index contributed by atoms with van der Waals surface area (Å²) in [6, 6.07) is 15.5. The van der Waals surface area contributed by atoms with Crippen LogP contribution in [0.5, 0.6) is 11.5 Å². The first-order valence-corrected chi connectivity index (χ1v) is 8.80. The Morgan fingerprint density at radius 1 is 1.10 bits per heavy atom. The summed E-state index contributed by atoms with van der Waals surface area (Å²) in [5.74, 6) is -0.360. The second-order valence-corrected chi connectivity index (χ2v) is 6.28. The van der Waals surface area contributed by atoms with Crippen molar-refractivity contribution in [1.82, 2.24) is 5.32 Å². The normalized spacial score (nSPS) is 11.7. The standard InChI is InChI=1S/C21H20N2O6/c1-28-19-10-16(17(23(26)27)11-20(19)29-2)21(25)22-12-18(24)15-9-5-7-13-6-3-4-8-14(13)15/h3-11,18,24H,12H2,1-2H3,(H,22,25). The number of nitrogens with one attached hydrogen (secondary N) is 1. The molecule has 0 aromatic heterocycles. The average Bonchev–Trinajstić information content (AvgIpc) is 2.75. The van der Waals surface area contributed by atoms with Crippen molar-refractivity contribution < 1.29 is 24.3 Å². The Morgan fingerprint density at radius 3 is 2.45 bits per heavy atom. The van der Waals surface area contributed by atoms with Gasteiger partial charge in [-0.3, -0.25) is 14.9 Å². The second-order valence-electron chi connectivity index (χ2n) is 6.28. The summed E-state index contributed by atoms with van der Waals surface area (Å²) < 4.78 is 10.2. The Bertz CT molecular complexity index is 1060. The molecule has 1 amide bonds. The molecule has 1 unspecified atom stereocenters. The minimum Gasteiger partial charge on any atom is -0.493 e. The fraction of sp³-hybridized carbons (Fsp3) is 0.190. The van der Waals surface area contributed by atoms with Crippen LogP contribution >= 0.6 is 0 Å². The molecule has 3 rings (SSSR count). The fourth-order valence-electron chi connectivity index (χ4n) is 3.14. The number of carbonyl (C=O) groups is 1. The molecular formula is C21H20N2O6. The number of nitro benzene ring substituents is 1. The summed E-state index contributed by atoms with van der Waals surface area (Å²) in [4.78, 5) is 23.3. The van der Waals surface area contributed by atoms with Gasteiger partial charge in [0.05, 0.1) is 31.3 Å². The first-order chi connectivity index (χ1) is 14.0. The van der Waals surface area contributed by atoms with E-state index in [1.807, 2.05) is 36.4 Å². The Hall–Kier alpha value is -3.65. The quantitative estimate of drug-likeness (QED) is 0.469. The van der Waals surface area contributed by atoms with Gasteiger partial charge in [-0.1, -0.05) is 42.5 Å². The van der Waals surface area contributed by atoms with E-state index in [4.69, 9.17) is 9.47 Å². The molecule has 0 saturated heterocycles. The zero-order valence-corrected chi connectivity index (χ0v) is 15.9. The molecular weight excluding hydrogens is 376 g/mol. The minimum atomic E-state index is -0.982. The molecule has 8 nitrogen and oxygen atoms in total. The predicted molar refractivity (Wildman–Crippen MR) is 107 cm³/mol. The second kappa shape index (κ2) is 8.57. The van der Waals surface area contributed by atoms with Crippen LogP contribution in [0, 0.1) is 10.1 Å². The van der Waals surface area contributed by atoms with Crippen molar-refractivity contribution >= 4 is 22.4 Å². The van der Waals surface area contributed by atoms with E-state index in [1.54, 1.807) is 6.07 Å². The molecule has 3 aromatic rings. The lowest BCUT2D eigenvalue weighted by atomic mass is 10.0. The highest BCUT2D eigenvalue weighted by Gasteiger charge is 2.25. The van der Waals surface area contributed by atoms with Crippen molar-refractivity contribution in [2.24, 2.45) is 0 Å². The first-order valence-electron chi connectivity index (χ1n) is 8.80. The van der Waals surface area contributed by atoms with Crippen molar-refractivity contribution in [2.45, 2.75) is 6.10 Å². The van der Waals surface area contributed by atoms with Crippen LogP contribution in [0.3, 0.4) is 0 Å². The van der Waals surface area contributed by atoms with Gasteiger partial charge in [0.2, 0.25) is 0 Å². The largest absolute Gasteiger partial charge is 0.493 e. The first kappa shape index (κ1) is 20.1. The van der Waals surface area contributed by atoms with Crippen molar-refractivity contribution in [3.8, 4) is 11.5 Å². The number of amides is 1. The van der Waals surface area contributed by atoms with Gasteiger partial charge < -0.3 is 19.9 Å². The van der Waals surface area contributed by atoms with Crippen LogP contribution in [0.15, 0.2) is 54.6 Å². The summed E-state index contributed by atoms with van der Waals surface area (Å²) >= 11 is 0. The van der Waals surface area contributed by atoms with Crippen LogP contribution in [0.25, 0.3) is 10.8 Å². The molecule has 0 aliphatic heterocycles. The minimum absolute atomic E-state index is 0.113. The summed E-state index contributed by atoms with van der Waals surface area (Å²) in [6.45, 7) is -0.113. The molecule has 0 spiro atoms. The van der Waals surface area contributed by atoms with Crippen molar-refractivity contribution in [3.63, 3.8) is 0 Å². The third-order valence-corrected chi connectivity index (χ3v) is 4.58. The number of nitro groups is 1. The molecule has 8 heteroatoms. The van der Waals surface area contributed by atoms with E-state index in [0.717, 1.165) is 16.8 Å². The number of benzene rings is 3. The molecule has 0 saturated carbocycles. The third kappa shape index (κ3) is 4.12. The van der Waals surface area contributed by atoms with Gasteiger partial charge in [0, 0.05) is 12.6 Å². The van der Waals surface area contributed by atoms with Crippen LogP contribution in [-0.4, -0.2) is 36.7 Å². The van der Waals surface area contributed by atoms with Gasteiger partial charge in [-0.2, -0.15) is 0 Å². The maximum absolute atomic E-state index is 12.6. The van der Waals surface area contributed by atoms with Gasteiger partial charge in [0.1, 0.15) is 5.56 Å². The van der Waals surface area contributed by atoms with Crippen molar-refractivity contribution in [3.05, 3.63) is 75.8 Å². The number of aliphatic hydroxyl groups excluding tert-OH is 1. The maximum Gasteiger partial charge on any atom is 0.286 e. The summed E-state index contributed by atoms with van der Waals surface area (Å²) in [7, 11) is 2.72. The van der Waals surface area contributed by atoms with Gasteiger partial charge in [0.15, 0.2) is 11.5 Å². The van der Waals surface area contributed by atoms with E-state index in [1.165, 1.54) is 20.3 Å². The van der Waals surface area contributed by atoms with Crippen LogP contribution in [0.2, 0.25) is 0 Å². The van der Waals surface area contributed by atoms with Crippen LogP contribution < -0.4 is 14.8 Å². The molecule has 0 radical (unpaired) electrons. The number of hydrogen-bond donors (Lipinski definition) is 2. The van der Waals surface area contributed by atoms with E-state index in [-0.39, 0.29) is 23.6 Å². The molecule has 1 atom stereocenters. The maximum atomic E-state index is 12.6. The lowest BCUT2D eigenvalue weighted by molar-refractivity contribution is -0.385. The summed E-state index contributed by atoms with van der Waals surface area (Å²) in [5, 5.41) is 26.4.